The normalized spacial score (nSPS) is 13.9. The summed E-state index contributed by atoms with van der Waals surface area (Å²) >= 11 is 3.53. The molecule has 0 bridgehead atoms. The van der Waals surface area contributed by atoms with E-state index >= 15 is 0 Å². The van der Waals surface area contributed by atoms with Crippen LogP contribution >= 0.6 is 15.9 Å². The van der Waals surface area contributed by atoms with Gasteiger partial charge >= 0.3 is 0 Å². The Bertz CT molecular complexity index is 455. The third kappa shape index (κ3) is 0.920. The highest BCUT2D eigenvalue weighted by atomic mass is 79.9. The molecule has 4 heteroatoms. The van der Waals surface area contributed by atoms with E-state index in [2.05, 4.69) is 31.1 Å². The van der Waals surface area contributed by atoms with Gasteiger partial charge in [-0.3, -0.25) is 5.10 Å². The zero-order valence-electron chi connectivity index (χ0n) is 6.89. The van der Waals surface area contributed by atoms with E-state index in [0.717, 1.165) is 18.5 Å². The number of hydrogen-bond acceptors (Lipinski definition) is 1. The van der Waals surface area contributed by atoms with Crippen molar-refractivity contribution in [3.05, 3.63) is 28.0 Å². The Morgan fingerprint density at radius 1 is 1.31 bits per heavy atom. The molecule has 3 rings (SSSR count). The number of rotatable bonds is 0. The Hall–Kier alpha value is -1.03. The maximum Gasteiger partial charge on any atom is 0.0847 e. The number of halogens is 1. The first-order valence-corrected chi connectivity index (χ1v) is 5.04. The van der Waals surface area contributed by atoms with Gasteiger partial charge in [0.05, 0.1) is 17.6 Å². The predicted molar refractivity (Wildman–Crippen MR) is 53.5 cm³/mol. The second-order valence-electron chi connectivity index (χ2n) is 3.26. The first-order chi connectivity index (χ1) is 6.36. The fraction of sp³-hybridized carbons (Fsp3) is 0.222. The molecule has 1 aliphatic carbocycles. The lowest BCUT2D eigenvalue weighted by Crippen LogP contribution is -2.00. The standard InChI is InChI=1S/C9H8BrN3/c10-7-4-11-9-6(7)2-1-5-3-12-13-8(5)9/h3-4,11H,1-2H2,(H,12,13). The first-order valence-electron chi connectivity index (χ1n) is 4.24. The molecule has 0 unspecified atom stereocenters. The monoisotopic (exact) mass is 237 g/mol. The molecule has 0 aromatic carbocycles. The van der Waals surface area contributed by atoms with Crippen LogP contribution in [0.2, 0.25) is 0 Å². The molecule has 1 aliphatic rings. The van der Waals surface area contributed by atoms with Gasteiger partial charge in [0.1, 0.15) is 0 Å². The average molecular weight is 238 g/mol. The molecule has 2 heterocycles. The number of aryl methyl sites for hydroxylation is 1. The molecule has 3 nitrogen and oxygen atoms in total. The molecule has 2 aromatic rings. The molecular weight excluding hydrogens is 230 g/mol. The number of H-pyrrole nitrogens is 2. The summed E-state index contributed by atoms with van der Waals surface area (Å²) in [5.41, 5.74) is 5.00. The van der Waals surface area contributed by atoms with E-state index in [1.54, 1.807) is 0 Å². The summed E-state index contributed by atoms with van der Waals surface area (Å²) in [5, 5.41) is 7.08. The summed E-state index contributed by atoms with van der Waals surface area (Å²) in [6.07, 6.45) is 6.06. The quantitative estimate of drug-likeness (QED) is 0.726. The van der Waals surface area contributed by atoms with Crippen molar-refractivity contribution in [1.82, 2.24) is 15.2 Å². The van der Waals surface area contributed by atoms with Gasteiger partial charge in [-0.05, 0) is 39.9 Å². The van der Waals surface area contributed by atoms with E-state index in [9.17, 15) is 0 Å². The summed E-state index contributed by atoms with van der Waals surface area (Å²) in [6.45, 7) is 0. The van der Waals surface area contributed by atoms with E-state index in [-0.39, 0.29) is 0 Å². The number of nitrogens with zero attached hydrogens (tertiary/aromatic N) is 1. The molecule has 0 amide bonds. The Morgan fingerprint density at radius 2 is 2.23 bits per heavy atom. The van der Waals surface area contributed by atoms with Crippen molar-refractivity contribution < 1.29 is 0 Å². The Kier molecular flexibility index (Phi) is 1.41. The van der Waals surface area contributed by atoms with E-state index in [0.29, 0.717) is 0 Å². The highest BCUT2D eigenvalue weighted by Gasteiger charge is 2.20. The highest BCUT2D eigenvalue weighted by molar-refractivity contribution is 9.10. The van der Waals surface area contributed by atoms with Crippen LogP contribution in [0.25, 0.3) is 11.4 Å². The molecular formula is C9H8BrN3. The second-order valence-corrected chi connectivity index (χ2v) is 4.11. The first kappa shape index (κ1) is 7.38. The molecule has 0 spiro atoms. The smallest absolute Gasteiger partial charge is 0.0847 e. The summed E-state index contributed by atoms with van der Waals surface area (Å²) in [4.78, 5) is 3.25. The minimum Gasteiger partial charge on any atom is -0.359 e. The van der Waals surface area contributed by atoms with Crippen LogP contribution in [0.4, 0.5) is 0 Å². The van der Waals surface area contributed by atoms with Gasteiger partial charge in [-0.1, -0.05) is 0 Å². The van der Waals surface area contributed by atoms with E-state index < -0.39 is 0 Å². The van der Waals surface area contributed by atoms with Gasteiger partial charge in [0, 0.05) is 10.7 Å². The lowest BCUT2D eigenvalue weighted by Gasteiger charge is -2.11. The molecule has 0 radical (unpaired) electrons. The molecule has 66 valence electrons. The fourth-order valence-electron chi connectivity index (χ4n) is 1.87. The molecule has 0 saturated carbocycles. The zero-order valence-corrected chi connectivity index (χ0v) is 8.48. The van der Waals surface area contributed by atoms with Crippen LogP contribution in [0.3, 0.4) is 0 Å². The number of aromatic amines is 2. The van der Waals surface area contributed by atoms with Crippen molar-refractivity contribution >= 4 is 15.9 Å². The van der Waals surface area contributed by atoms with E-state index in [4.69, 9.17) is 0 Å². The van der Waals surface area contributed by atoms with Gasteiger partial charge in [-0.2, -0.15) is 5.10 Å². The van der Waals surface area contributed by atoms with Gasteiger partial charge in [0.25, 0.3) is 0 Å². The maximum absolute atomic E-state index is 4.05. The third-order valence-electron chi connectivity index (χ3n) is 2.55. The Morgan fingerprint density at radius 3 is 3.15 bits per heavy atom. The van der Waals surface area contributed by atoms with Crippen LogP contribution in [0, 0.1) is 0 Å². The van der Waals surface area contributed by atoms with Crippen molar-refractivity contribution in [2.24, 2.45) is 0 Å². The predicted octanol–water partition coefficient (Wildman–Crippen LogP) is 2.27. The van der Waals surface area contributed by atoms with Crippen LogP contribution < -0.4 is 0 Å². The van der Waals surface area contributed by atoms with Crippen LogP contribution in [0.1, 0.15) is 11.1 Å². The maximum atomic E-state index is 4.05. The summed E-state index contributed by atoms with van der Waals surface area (Å²) < 4.78 is 1.17. The fourth-order valence-corrected chi connectivity index (χ4v) is 2.38. The van der Waals surface area contributed by atoms with Gasteiger partial charge in [0.2, 0.25) is 0 Å². The van der Waals surface area contributed by atoms with Crippen molar-refractivity contribution in [3.63, 3.8) is 0 Å². The SMILES string of the molecule is Brc1c[nH]c2c1CCc1cn[nH]c1-2. The van der Waals surface area contributed by atoms with Crippen LogP contribution in [0.15, 0.2) is 16.9 Å². The molecule has 0 fully saturated rings. The molecule has 0 saturated heterocycles. The van der Waals surface area contributed by atoms with Gasteiger partial charge < -0.3 is 4.98 Å². The topological polar surface area (TPSA) is 44.5 Å². The van der Waals surface area contributed by atoms with Gasteiger partial charge in [0.15, 0.2) is 0 Å². The minimum absolute atomic E-state index is 1.08. The average Bonchev–Trinajstić information content (AvgIpc) is 2.70. The lowest BCUT2D eigenvalue weighted by atomic mass is 9.96. The third-order valence-corrected chi connectivity index (χ3v) is 3.25. The van der Waals surface area contributed by atoms with Crippen molar-refractivity contribution in [1.29, 1.82) is 0 Å². The minimum atomic E-state index is 1.08. The molecule has 2 N–H and O–H groups in total. The van der Waals surface area contributed by atoms with Gasteiger partial charge in [-0.25, -0.2) is 0 Å². The number of aromatic nitrogens is 3. The largest absolute Gasteiger partial charge is 0.359 e. The summed E-state index contributed by atoms with van der Waals surface area (Å²) in [5.74, 6) is 0. The van der Waals surface area contributed by atoms with Crippen molar-refractivity contribution in [3.8, 4) is 11.4 Å². The second kappa shape index (κ2) is 2.48. The number of fused-ring (bicyclic) bond motifs is 3. The van der Waals surface area contributed by atoms with Crippen molar-refractivity contribution in [2.75, 3.05) is 0 Å². The van der Waals surface area contributed by atoms with Crippen LogP contribution in [-0.2, 0) is 12.8 Å². The molecule has 0 aliphatic heterocycles. The highest BCUT2D eigenvalue weighted by Crippen LogP contribution is 2.34. The van der Waals surface area contributed by atoms with E-state index in [1.807, 2.05) is 12.4 Å². The summed E-state index contributed by atoms with van der Waals surface area (Å²) in [6, 6.07) is 0. The van der Waals surface area contributed by atoms with Crippen molar-refractivity contribution in [2.45, 2.75) is 12.8 Å². The van der Waals surface area contributed by atoms with Gasteiger partial charge in [-0.15, -0.1) is 0 Å². The summed E-state index contributed by atoms with van der Waals surface area (Å²) in [7, 11) is 0. The molecule has 13 heavy (non-hydrogen) atoms. The Balaban J connectivity index is 2.31. The molecule has 0 atom stereocenters. The Labute approximate surface area is 83.7 Å². The van der Waals surface area contributed by atoms with Crippen LogP contribution in [-0.4, -0.2) is 15.2 Å². The van der Waals surface area contributed by atoms with Crippen LogP contribution in [0.5, 0.6) is 0 Å². The zero-order chi connectivity index (χ0) is 8.84. The lowest BCUT2D eigenvalue weighted by molar-refractivity contribution is 0.937. The van der Waals surface area contributed by atoms with E-state index in [1.165, 1.54) is 21.3 Å². The molecule has 2 aromatic heterocycles. The number of hydrogen-bond donors (Lipinski definition) is 2. The number of nitrogens with one attached hydrogen (secondary N) is 2.